The molecule has 1 heterocycles. The van der Waals surface area contributed by atoms with Crippen LogP contribution in [0.4, 0.5) is 10.1 Å². The van der Waals surface area contributed by atoms with E-state index >= 15 is 0 Å². The highest BCUT2D eigenvalue weighted by Crippen LogP contribution is 2.25. The zero-order valence-electron chi connectivity index (χ0n) is 14.0. The molecule has 0 spiro atoms. The van der Waals surface area contributed by atoms with Crippen LogP contribution in [0.15, 0.2) is 47.6 Å². The topological polar surface area (TPSA) is 72.7 Å². The predicted octanol–water partition coefficient (Wildman–Crippen LogP) is 3.88. The number of aryl methyl sites for hydroxylation is 1. The van der Waals surface area contributed by atoms with Gasteiger partial charge >= 0.3 is 0 Å². The van der Waals surface area contributed by atoms with E-state index in [1.807, 2.05) is 31.2 Å². The van der Waals surface area contributed by atoms with Crippen LogP contribution in [-0.2, 0) is 4.79 Å². The number of thioether (sulfide) groups is 1. The van der Waals surface area contributed by atoms with Crippen molar-refractivity contribution in [2.45, 2.75) is 24.3 Å². The molecule has 6 nitrogen and oxygen atoms in total. The number of carbonyl (C=O) groups excluding carboxylic acids is 1. The van der Waals surface area contributed by atoms with Crippen LogP contribution in [0.2, 0.25) is 5.02 Å². The summed E-state index contributed by atoms with van der Waals surface area (Å²) in [5.41, 5.74) is 2.36. The third kappa shape index (κ3) is 4.20. The number of anilines is 1. The Labute approximate surface area is 158 Å². The summed E-state index contributed by atoms with van der Waals surface area (Å²) in [7, 11) is 0. The fraction of sp³-hybridized carbons (Fsp3) is 0.176. The summed E-state index contributed by atoms with van der Waals surface area (Å²) < 4.78 is 14.8. The van der Waals surface area contributed by atoms with E-state index in [1.54, 1.807) is 11.6 Å². The Kier molecular flexibility index (Phi) is 5.53. The average molecular weight is 392 g/mol. The van der Waals surface area contributed by atoms with Crippen LogP contribution >= 0.6 is 23.4 Å². The number of hydrogen-bond donors (Lipinski definition) is 1. The molecule has 0 saturated heterocycles. The van der Waals surface area contributed by atoms with E-state index in [0.717, 1.165) is 11.3 Å². The first-order valence-corrected chi connectivity index (χ1v) is 8.98. The summed E-state index contributed by atoms with van der Waals surface area (Å²) in [6.45, 7) is 3.73. The maximum absolute atomic E-state index is 13.2. The van der Waals surface area contributed by atoms with E-state index in [0.29, 0.717) is 10.8 Å². The minimum Gasteiger partial charge on any atom is -0.325 e. The Morgan fingerprint density at radius 2 is 2.00 bits per heavy atom. The molecule has 3 rings (SSSR count). The van der Waals surface area contributed by atoms with Crippen LogP contribution in [0.1, 0.15) is 12.5 Å². The number of halogens is 2. The molecule has 0 fully saturated rings. The fourth-order valence-electron chi connectivity index (χ4n) is 2.13. The summed E-state index contributed by atoms with van der Waals surface area (Å²) in [5.74, 6) is -0.805. The van der Waals surface area contributed by atoms with Gasteiger partial charge in [0.25, 0.3) is 0 Å². The molecule has 1 N–H and O–H groups in total. The van der Waals surface area contributed by atoms with Gasteiger partial charge in [-0.25, -0.2) is 4.39 Å². The fourth-order valence-corrected chi connectivity index (χ4v) is 3.12. The molecule has 0 unspecified atom stereocenters. The molecule has 0 aliphatic heterocycles. The minimum atomic E-state index is -0.538. The summed E-state index contributed by atoms with van der Waals surface area (Å²) in [4.78, 5) is 12.4. The third-order valence-electron chi connectivity index (χ3n) is 3.56. The van der Waals surface area contributed by atoms with Crippen molar-refractivity contribution >= 4 is 35.0 Å². The van der Waals surface area contributed by atoms with Crippen molar-refractivity contribution in [3.8, 4) is 5.69 Å². The van der Waals surface area contributed by atoms with Gasteiger partial charge in [0.2, 0.25) is 11.1 Å². The Morgan fingerprint density at radius 3 is 2.69 bits per heavy atom. The normalized spacial score (nSPS) is 12.0. The highest BCUT2D eigenvalue weighted by atomic mass is 35.5. The molecule has 3 aromatic rings. The van der Waals surface area contributed by atoms with Crippen LogP contribution < -0.4 is 5.32 Å². The van der Waals surface area contributed by atoms with Gasteiger partial charge in [-0.3, -0.25) is 4.79 Å². The largest absolute Gasteiger partial charge is 0.325 e. The lowest BCUT2D eigenvalue weighted by molar-refractivity contribution is -0.115. The van der Waals surface area contributed by atoms with Gasteiger partial charge in [-0.05, 0) is 54.6 Å². The van der Waals surface area contributed by atoms with Gasteiger partial charge in [-0.15, -0.1) is 5.10 Å². The highest BCUT2D eigenvalue weighted by Gasteiger charge is 2.19. The summed E-state index contributed by atoms with van der Waals surface area (Å²) >= 11 is 6.95. The van der Waals surface area contributed by atoms with Gasteiger partial charge in [0.05, 0.1) is 16.0 Å². The molecular weight excluding hydrogens is 377 g/mol. The molecule has 1 atom stereocenters. The number of aromatic nitrogens is 4. The quantitative estimate of drug-likeness (QED) is 0.668. The van der Waals surface area contributed by atoms with Crippen LogP contribution in [-0.4, -0.2) is 31.4 Å². The van der Waals surface area contributed by atoms with E-state index in [1.165, 1.54) is 30.0 Å². The van der Waals surface area contributed by atoms with Gasteiger partial charge in [0, 0.05) is 5.69 Å². The smallest absolute Gasteiger partial charge is 0.237 e. The van der Waals surface area contributed by atoms with Crippen LogP contribution in [0.3, 0.4) is 0 Å². The lowest BCUT2D eigenvalue weighted by Gasteiger charge is -2.12. The zero-order valence-corrected chi connectivity index (χ0v) is 15.6. The molecule has 26 heavy (non-hydrogen) atoms. The number of rotatable bonds is 5. The van der Waals surface area contributed by atoms with Crippen molar-refractivity contribution in [3.63, 3.8) is 0 Å². The number of amides is 1. The summed E-state index contributed by atoms with van der Waals surface area (Å²) in [6.07, 6.45) is 0. The lowest BCUT2D eigenvalue weighted by Crippen LogP contribution is -2.23. The van der Waals surface area contributed by atoms with E-state index in [4.69, 9.17) is 11.6 Å². The van der Waals surface area contributed by atoms with Gasteiger partial charge in [0.1, 0.15) is 5.82 Å². The van der Waals surface area contributed by atoms with Crippen molar-refractivity contribution in [3.05, 3.63) is 58.9 Å². The molecule has 1 amide bonds. The molecule has 1 aromatic heterocycles. The SMILES string of the molecule is Cc1ccc(-n2nnnc2S[C@@H](C)C(=O)Nc2ccc(F)c(Cl)c2)cc1. The molecule has 0 saturated carbocycles. The molecule has 0 radical (unpaired) electrons. The average Bonchev–Trinajstić information content (AvgIpc) is 3.07. The predicted molar refractivity (Wildman–Crippen MR) is 99.2 cm³/mol. The lowest BCUT2D eigenvalue weighted by atomic mass is 10.2. The van der Waals surface area contributed by atoms with Gasteiger partial charge in [0.15, 0.2) is 0 Å². The summed E-state index contributed by atoms with van der Waals surface area (Å²) in [6, 6.07) is 11.7. The monoisotopic (exact) mass is 391 g/mol. The second kappa shape index (κ2) is 7.84. The summed E-state index contributed by atoms with van der Waals surface area (Å²) in [5, 5.41) is 14.3. The number of tetrazole rings is 1. The second-order valence-corrected chi connectivity index (χ2v) is 7.30. The van der Waals surface area contributed by atoms with Crippen molar-refractivity contribution in [2.75, 3.05) is 5.32 Å². The Bertz CT molecular complexity index is 931. The van der Waals surface area contributed by atoms with E-state index in [9.17, 15) is 9.18 Å². The molecule has 2 aromatic carbocycles. The van der Waals surface area contributed by atoms with Crippen LogP contribution in [0.25, 0.3) is 5.69 Å². The molecular formula is C17H15ClFN5OS. The first-order valence-electron chi connectivity index (χ1n) is 7.72. The maximum Gasteiger partial charge on any atom is 0.237 e. The van der Waals surface area contributed by atoms with Gasteiger partial charge < -0.3 is 5.32 Å². The number of nitrogens with zero attached hydrogens (tertiary/aromatic N) is 4. The molecule has 0 aliphatic rings. The van der Waals surface area contributed by atoms with Crippen molar-refractivity contribution in [1.29, 1.82) is 0 Å². The Hall–Kier alpha value is -2.45. The van der Waals surface area contributed by atoms with Crippen molar-refractivity contribution in [1.82, 2.24) is 20.2 Å². The number of nitrogens with one attached hydrogen (secondary N) is 1. The number of carbonyl (C=O) groups is 1. The third-order valence-corrected chi connectivity index (χ3v) is 4.88. The molecule has 0 bridgehead atoms. The highest BCUT2D eigenvalue weighted by molar-refractivity contribution is 8.00. The van der Waals surface area contributed by atoms with Crippen molar-refractivity contribution < 1.29 is 9.18 Å². The maximum atomic E-state index is 13.2. The Morgan fingerprint density at radius 1 is 1.27 bits per heavy atom. The first kappa shape index (κ1) is 18.3. The van der Waals surface area contributed by atoms with E-state index in [2.05, 4.69) is 20.8 Å². The number of benzene rings is 2. The van der Waals surface area contributed by atoms with E-state index in [-0.39, 0.29) is 10.9 Å². The standard InChI is InChI=1S/C17H15ClFN5OS/c1-10-3-6-13(7-4-10)24-17(21-22-23-24)26-11(2)16(25)20-12-5-8-15(19)14(18)9-12/h3-9,11H,1-2H3,(H,20,25)/t11-/m0/s1. The zero-order chi connectivity index (χ0) is 18.7. The molecule has 9 heteroatoms. The molecule has 134 valence electrons. The molecule has 0 aliphatic carbocycles. The van der Waals surface area contributed by atoms with Crippen LogP contribution in [0, 0.1) is 12.7 Å². The minimum absolute atomic E-state index is 0.0496. The second-order valence-electron chi connectivity index (χ2n) is 5.59. The van der Waals surface area contributed by atoms with Crippen LogP contribution in [0.5, 0.6) is 0 Å². The van der Waals surface area contributed by atoms with Gasteiger partial charge in [-0.1, -0.05) is 41.1 Å². The van der Waals surface area contributed by atoms with Crippen molar-refractivity contribution in [2.24, 2.45) is 0 Å². The number of hydrogen-bond acceptors (Lipinski definition) is 5. The van der Waals surface area contributed by atoms with Gasteiger partial charge in [-0.2, -0.15) is 4.68 Å². The Balaban J connectivity index is 1.71. The first-order chi connectivity index (χ1) is 12.4. The van der Waals surface area contributed by atoms with E-state index < -0.39 is 11.1 Å².